The minimum absolute atomic E-state index is 0.0816. The molecule has 7 nitrogen and oxygen atoms in total. The Kier molecular flexibility index (Phi) is 8.25. The molecule has 0 aliphatic heterocycles. The van der Waals surface area contributed by atoms with Crippen molar-refractivity contribution in [3.05, 3.63) is 88.9 Å². The van der Waals surface area contributed by atoms with Crippen LogP contribution >= 0.6 is 11.6 Å². The Morgan fingerprint density at radius 1 is 0.946 bits per heavy atom. The Morgan fingerprint density at radius 3 is 2.08 bits per heavy atom. The minimum atomic E-state index is -4.86. The van der Waals surface area contributed by atoms with Crippen LogP contribution in [0.4, 0.5) is 18.9 Å². The molecule has 0 heterocycles. The molecule has 0 unspecified atom stereocenters. The van der Waals surface area contributed by atoms with Crippen LogP contribution in [0.2, 0.25) is 5.02 Å². The normalized spacial score (nSPS) is 13.1. The summed E-state index contributed by atoms with van der Waals surface area (Å²) in [7, 11) is -7.88. The molecule has 198 valence electrons. The quantitative estimate of drug-likeness (QED) is 0.415. The van der Waals surface area contributed by atoms with E-state index in [1.54, 1.807) is 13.0 Å². The molecule has 0 saturated heterocycles. The second-order valence-corrected chi connectivity index (χ2v) is 12.4. The van der Waals surface area contributed by atoms with Crippen molar-refractivity contribution in [1.82, 2.24) is 5.32 Å². The Hall–Kier alpha value is -3.09. The molecule has 0 aliphatic carbocycles. The van der Waals surface area contributed by atoms with Crippen molar-refractivity contribution in [2.45, 2.75) is 28.9 Å². The summed E-state index contributed by atoms with van der Waals surface area (Å²) in [6, 6.07) is 14.6. The number of amides is 1. The van der Waals surface area contributed by atoms with E-state index in [9.17, 15) is 34.8 Å². The van der Waals surface area contributed by atoms with Gasteiger partial charge in [-0.2, -0.15) is 13.2 Å². The van der Waals surface area contributed by atoms with Crippen LogP contribution in [0.3, 0.4) is 0 Å². The number of anilines is 1. The van der Waals surface area contributed by atoms with Crippen LogP contribution in [0.5, 0.6) is 0 Å². The number of sulfonamides is 1. The molecule has 1 N–H and O–H groups in total. The summed E-state index contributed by atoms with van der Waals surface area (Å²) in [6.45, 7) is 0.759. The fraction of sp³-hybridized carbons (Fsp3) is 0.208. The zero-order chi connectivity index (χ0) is 27.6. The van der Waals surface area contributed by atoms with E-state index in [1.165, 1.54) is 48.5 Å². The number of halogens is 4. The van der Waals surface area contributed by atoms with Crippen molar-refractivity contribution in [1.29, 1.82) is 0 Å². The molecule has 0 saturated carbocycles. The number of hydrogen-bond donors (Lipinski definition) is 1. The third-order valence-corrected chi connectivity index (χ3v) is 8.59. The highest BCUT2D eigenvalue weighted by Crippen LogP contribution is 2.38. The van der Waals surface area contributed by atoms with Gasteiger partial charge in [-0.3, -0.25) is 9.10 Å². The number of nitrogens with one attached hydrogen (secondary N) is 1. The van der Waals surface area contributed by atoms with Crippen molar-refractivity contribution in [2.24, 2.45) is 0 Å². The van der Waals surface area contributed by atoms with Gasteiger partial charge < -0.3 is 5.32 Å². The average molecular weight is 575 g/mol. The molecule has 1 atom stereocenters. The van der Waals surface area contributed by atoms with Gasteiger partial charge in [0.05, 0.1) is 32.1 Å². The molecule has 0 aromatic heterocycles. The third-order valence-electron chi connectivity index (χ3n) is 5.35. The Bertz CT molecular complexity index is 1500. The van der Waals surface area contributed by atoms with E-state index in [2.05, 4.69) is 5.32 Å². The highest BCUT2D eigenvalue weighted by molar-refractivity contribution is 7.93. The van der Waals surface area contributed by atoms with Gasteiger partial charge in [0.2, 0.25) is 5.91 Å². The lowest BCUT2D eigenvalue weighted by molar-refractivity contribution is -0.137. The zero-order valence-corrected chi connectivity index (χ0v) is 21.9. The Balaban J connectivity index is 1.94. The maximum atomic E-state index is 13.5. The standard InChI is InChI=1S/C24H22ClF3N2O5S2/c1-16(17-8-11-19(12-9-17)36(2,32)33)29-23(31)15-30(37(34,35)20-6-4-3-5-7-20)18-10-13-22(25)21(14-18)24(26,27)28/h3-14,16H,15H2,1-2H3,(H,29,31)/t16-/m0/s1. The molecule has 0 spiro atoms. The third kappa shape index (κ3) is 6.82. The smallest absolute Gasteiger partial charge is 0.348 e. The number of nitrogens with zero attached hydrogens (tertiary/aromatic N) is 1. The molecule has 0 fully saturated rings. The van der Waals surface area contributed by atoms with Gasteiger partial charge in [0.15, 0.2) is 9.84 Å². The summed E-state index contributed by atoms with van der Waals surface area (Å²) in [5.41, 5.74) is -1.12. The van der Waals surface area contributed by atoms with Crippen molar-refractivity contribution in [3.8, 4) is 0 Å². The lowest BCUT2D eigenvalue weighted by Gasteiger charge is -2.26. The predicted octanol–water partition coefficient (Wildman–Crippen LogP) is 4.84. The lowest BCUT2D eigenvalue weighted by atomic mass is 10.1. The highest BCUT2D eigenvalue weighted by Gasteiger charge is 2.35. The summed E-state index contributed by atoms with van der Waals surface area (Å²) in [5, 5.41) is 1.97. The first-order valence-corrected chi connectivity index (χ1v) is 14.4. The van der Waals surface area contributed by atoms with Crippen molar-refractivity contribution < 1.29 is 34.8 Å². The van der Waals surface area contributed by atoms with Gasteiger partial charge in [-0.25, -0.2) is 16.8 Å². The number of sulfone groups is 1. The molecular weight excluding hydrogens is 553 g/mol. The van der Waals surface area contributed by atoms with E-state index < -0.39 is 60.8 Å². The number of carbonyl (C=O) groups excluding carboxylic acids is 1. The van der Waals surface area contributed by atoms with Crippen LogP contribution < -0.4 is 9.62 Å². The van der Waals surface area contributed by atoms with Crippen LogP contribution in [0, 0.1) is 0 Å². The van der Waals surface area contributed by atoms with E-state index in [1.807, 2.05) is 0 Å². The van der Waals surface area contributed by atoms with Crippen LogP contribution in [0.15, 0.2) is 82.6 Å². The molecule has 3 aromatic rings. The first-order chi connectivity index (χ1) is 17.1. The molecule has 3 rings (SSSR count). The van der Waals surface area contributed by atoms with Gasteiger partial charge in [0.25, 0.3) is 10.0 Å². The summed E-state index contributed by atoms with van der Waals surface area (Å²) >= 11 is 5.69. The monoisotopic (exact) mass is 574 g/mol. The molecule has 1 amide bonds. The molecule has 0 bridgehead atoms. The number of hydrogen-bond acceptors (Lipinski definition) is 5. The summed E-state index contributed by atoms with van der Waals surface area (Å²) in [6.07, 6.45) is -3.81. The van der Waals surface area contributed by atoms with Crippen LogP contribution in [-0.2, 0) is 30.8 Å². The first kappa shape index (κ1) is 28.5. The molecule has 0 aliphatic rings. The zero-order valence-electron chi connectivity index (χ0n) is 19.5. The second kappa shape index (κ2) is 10.7. The maximum Gasteiger partial charge on any atom is 0.417 e. The van der Waals surface area contributed by atoms with Crippen LogP contribution in [-0.4, -0.2) is 35.5 Å². The van der Waals surface area contributed by atoms with Crippen LogP contribution in [0.25, 0.3) is 0 Å². The number of alkyl halides is 3. The molecule has 0 radical (unpaired) electrons. The number of benzene rings is 3. The predicted molar refractivity (Wildman–Crippen MR) is 134 cm³/mol. The largest absolute Gasteiger partial charge is 0.417 e. The molecule has 37 heavy (non-hydrogen) atoms. The van der Waals surface area contributed by atoms with Gasteiger partial charge in [0, 0.05) is 6.26 Å². The second-order valence-electron chi connectivity index (χ2n) is 8.12. The van der Waals surface area contributed by atoms with E-state index in [0.717, 1.165) is 18.4 Å². The molecular formula is C24H22ClF3N2O5S2. The van der Waals surface area contributed by atoms with Gasteiger partial charge >= 0.3 is 6.18 Å². The van der Waals surface area contributed by atoms with E-state index in [0.29, 0.717) is 15.9 Å². The van der Waals surface area contributed by atoms with E-state index in [4.69, 9.17) is 11.6 Å². The number of rotatable bonds is 8. The molecule has 3 aromatic carbocycles. The van der Waals surface area contributed by atoms with Gasteiger partial charge in [0.1, 0.15) is 6.54 Å². The van der Waals surface area contributed by atoms with Gasteiger partial charge in [-0.1, -0.05) is 41.9 Å². The molecule has 13 heteroatoms. The number of carbonyl (C=O) groups is 1. The minimum Gasteiger partial charge on any atom is -0.348 e. The summed E-state index contributed by atoms with van der Waals surface area (Å²) in [4.78, 5) is 12.8. The van der Waals surface area contributed by atoms with E-state index >= 15 is 0 Å². The topological polar surface area (TPSA) is 101 Å². The van der Waals surface area contributed by atoms with Crippen molar-refractivity contribution in [2.75, 3.05) is 17.1 Å². The average Bonchev–Trinajstić information content (AvgIpc) is 2.82. The fourth-order valence-electron chi connectivity index (χ4n) is 3.42. The highest BCUT2D eigenvalue weighted by atomic mass is 35.5. The fourth-order valence-corrected chi connectivity index (χ4v) is 5.71. The summed E-state index contributed by atoms with van der Waals surface area (Å²) in [5.74, 6) is -0.803. The maximum absolute atomic E-state index is 13.5. The van der Waals surface area contributed by atoms with Gasteiger partial charge in [-0.15, -0.1) is 0 Å². The first-order valence-electron chi connectivity index (χ1n) is 10.6. The van der Waals surface area contributed by atoms with Crippen LogP contribution in [0.1, 0.15) is 24.1 Å². The van der Waals surface area contributed by atoms with Crippen molar-refractivity contribution in [3.63, 3.8) is 0 Å². The SMILES string of the molecule is C[C@H](NC(=O)CN(c1ccc(Cl)c(C(F)(F)F)c1)S(=O)(=O)c1ccccc1)c1ccc(S(C)(=O)=O)cc1. The Morgan fingerprint density at radius 2 is 1.54 bits per heavy atom. The van der Waals surface area contributed by atoms with Crippen molar-refractivity contribution >= 4 is 43.1 Å². The Labute approximate surface area is 217 Å². The van der Waals surface area contributed by atoms with E-state index in [-0.39, 0.29) is 9.79 Å². The summed E-state index contributed by atoms with van der Waals surface area (Å²) < 4.78 is 91.0. The lowest BCUT2D eigenvalue weighted by Crippen LogP contribution is -2.41. The van der Waals surface area contributed by atoms with Gasteiger partial charge in [-0.05, 0) is 55.0 Å².